The third kappa shape index (κ3) is 3.27. The molecule has 1 heterocycles. The van der Waals surface area contributed by atoms with Crippen molar-refractivity contribution >= 4 is 11.7 Å². The van der Waals surface area contributed by atoms with Gasteiger partial charge in [0.25, 0.3) is 0 Å². The maximum Gasteiger partial charge on any atom is 0.230 e. The molecule has 0 bridgehead atoms. The first kappa shape index (κ1) is 14.8. The molecule has 0 spiro atoms. The summed E-state index contributed by atoms with van der Waals surface area (Å²) in [5, 5.41) is 0. The summed E-state index contributed by atoms with van der Waals surface area (Å²) in [6.45, 7) is 5.41. The summed E-state index contributed by atoms with van der Waals surface area (Å²) in [5.41, 5.74) is 1.09. The van der Waals surface area contributed by atoms with Crippen LogP contribution in [0.5, 0.6) is 0 Å². The Morgan fingerprint density at radius 1 is 1.20 bits per heavy atom. The van der Waals surface area contributed by atoms with Crippen LogP contribution in [0.3, 0.4) is 0 Å². The molecule has 1 fully saturated rings. The Labute approximate surface area is 121 Å². The van der Waals surface area contributed by atoms with Crippen molar-refractivity contribution in [2.24, 2.45) is 5.92 Å². The van der Waals surface area contributed by atoms with Gasteiger partial charge in [0, 0.05) is 25.9 Å². The first-order valence-corrected chi connectivity index (χ1v) is 7.49. The van der Waals surface area contributed by atoms with Crippen molar-refractivity contribution in [3.8, 4) is 0 Å². The molecule has 108 valence electrons. The van der Waals surface area contributed by atoms with E-state index >= 15 is 0 Å². The number of likely N-dealkylation sites (tertiary alicyclic amines) is 1. The third-order valence-corrected chi connectivity index (χ3v) is 4.27. The fourth-order valence-corrected chi connectivity index (χ4v) is 2.78. The molecule has 2 unspecified atom stereocenters. The van der Waals surface area contributed by atoms with E-state index in [1.54, 1.807) is 0 Å². The summed E-state index contributed by atoms with van der Waals surface area (Å²) in [7, 11) is 0. The van der Waals surface area contributed by atoms with Crippen LogP contribution in [0, 0.1) is 5.92 Å². The number of rotatable bonds is 4. The number of benzene rings is 1. The Morgan fingerprint density at radius 3 is 2.35 bits per heavy atom. The van der Waals surface area contributed by atoms with Gasteiger partial charge >= 0.3 is 0 Å². The average molecular weight is 273 g/mol. The number of ketones is 1. The summed E-state index contributed by atoms with van der Waals surface area (Å²) in [6, 6.07) is 10.0. The minimum absolute atomic E-state index is 0.0885. The maximum atomic E-state index is 12.8. The molecule has 2 rings (SSSR count). The number of carbonyl (C=O) groups excluding carboxylic acids is 2. The van der Waals surface area contributed by atoms with Crippen LogP contribution in [-0.4, -0.2) is 29.7 Å². The summed E-state index contributed by atoms with van der Waals surface area (Å²) >= 11 is 0. The number of amides is 1. The van der Waals surface area contributed by atoms with E-state index in [0.29, 0.717) is 31.8 Å². The fourth-order valence-electron chi connectivity index (χ4n) is 2.78. The standard InChI is InChI=1S/C17H23NO2/c1-3-13(2)16(14-7-5-4-6-8-14)17(20)18-11-9-15(19)10-12-18/h4-8,13,16H,3,9-12H2,1-2H3. The zero-order valence-electron chi connectivity index (χ0n) is 12.3. The van der Waals surface area contributed by atoms with Crippen molar-refractivity contribution in [1.29, 1.82) is 0 Å². The summed E-state index contributed by atoms with van der Waals surface area (Å²) in [6.07, 6.45) is 1.99. The molecule has 1 amide bonds. The van der Waals surface area contributed by atoms with Crippen molar-refractivity contribution in [1.82, 2.24) is 4.90 Å². The summed E-state index contributed by atoms with van der Waals surface area (Å²) in [5.74, 6) is 0.670. The summed E-state index contributed by atoms with van der Waals surface area (Å²) < 4.78 is 0. The van der Waals surface area contributed by atoms with E-state index in [4.69, 9.17) is 0 Å². The molecule has 20 heavy (non-hydrogen) atoms. The van der Waals surface area contributed by atoms with Gasteiger partial charge < -0.3 is 4.90 Å². The second-order valence-corrected chi connectivity index (χ2v) is 5.64. The normalized spacial score (nSPS) is 18.7. The minimum atomic E-state index is -0.0885. The van der Waals surface area contributed by atoms with Gasteiger partial charge in [-0.1, -0.05) is 50.6 Å². The quantitative estimate of drug-likeness (QED) is 0.845. The second-order valence-electron chi connectivity index (χ2n) is 5.64. The summed E-state index contributed by atoms with van der Waals surface area (Å²) in [4.78, 5) is 26.0. The van der Waals surface area contributed by atoms with Crippen LogP contribution in [-0.2, 0) is 9.59 Å². The molecule has 1 aliphatic rings. The average Bonchev–Trinajstić information content (AvgIpc) is 2.49. The molecular formula is C17H23NO2. The van der Waals surface area contributed by atoms with Crippen LogP contribution in [0.4, 0.5) is 0 Å². The lowest BCUT2D eigenvalue weighted by Gasteiger charge is -2.32. The lowest BCUT2D eigenvalue weighted by molar-refractivity contribution is -0.137. The number of hydrogen-bond acceptors (Lipinski definition) is 2. The molecule has 0 aromatic heterocycles. The molecule has 1 aliphatic heterocycles. The predicted molar refractivity (Wildman–Crippen MR) is 79.5 cm³/mol. The molecule has 3 nitrogen and oxygen atoms in total. The number of nitrogens with zero attached hydrogens (tertiary/aromatic N) is 1. The number of piperidine rings is 1. The van der Waals surface area contributed by atoms with Gasteiger partial charge in [-0.05, 0) is 11.5 Å². The molecule has 2 atom stereocenters. The number of Topliss-reactive ketones (excluding diaryl/α,β-unsaturated/α-hetero) is 1. The van der Waals surface area contributed by atoms with Gasteiger partial charge in [-0.2, -0.15) is 0 Å². The molecule has 0 N–H and O–H groups in total. The molecule has 0 radical (unpaired) electrons. The van der Waals surface area contributed by atoms with Crippen molar-refractivity contribution in [3.05, 3.63) is 35.9 Å². The molecule has 0 aliphatic carbocycles. The van der Waals surface area contributed by atoms with Crippen LogP contribution >= 0.6 is 0 Å². The van der Waals surface area contributed by atoms with E-state index in [9.17, 15) is 9.59 Å². The Balaban J connectivity index is 2.19. The second kappa shape index (κ2) is 6.69. The minimum Gasteiger partial charge on any atom is -0.341 e. The Hall–Kier alpha value is -1.64. The Morgan fingerprint density at radius 2 is 1.80 bits per heavy atom. The fraction of sp³-hybridized carbons (Fsp3) is 0.529. The van der Waals surface area contributed by atoms with Crippen molar-refractivity contribution in [3.63, 3.8) is 0 Å². The van der Waals surface area contributed by atoms with E-state index in [-0.39, 0.29) is 17.6 Å². The zero-order chi connectivity index (χ0) is 14.5. The first-order valence-electron chi connectivity index (χ1n) is 7.49. The SMILES string of the molecule is CCC(C)C(C(=O)N1CCC(=O)CC1)c1ccccc1. The highest BCUT2D eigenvalue weighted by Crippen LogP contribution is 2.29. The van der Waals surface area contributed by atoms with Crippen LogP contribution in [0.25, 0.3) is 0 Å². The molecule has 1 saturated heterocycles. The van der Waals surface area contributed by atoms with Crippen LogP contribution in [0.2, 0.25) is 0 Å². The largest absolute Gasteiger partial charge is 0.341 e. The van der Waals surface area contributed by atoms with Gasteiger partial charge in [-0.3, -0.25) is 9.59 Å². The van der Waals surface area contributed by atoms with Gasteiger partial charge in [-0.15, -0.1) is 0 Å². The van der Waals surface area contributed by atoms with Gasteiger partial charge in [0.05, 0.1) is 5.92 Å². The first-order chi connectivity index (χ1) is 9.63. The van der Waals surface area contributed by atoms with Gasteiger partial charge in [-0.25, -0.2) is 0 Å². The van der Waals surface area contributed by atoms with Crippen molar-refractivity contribution in [2.75, 3.05) is 13.1 Å². The van der Waals surface area contributed by atoms with E-state index in [2.05, 4.69) is 13.8 Å². The smallest absolute Gasteiger partial charge is 0.230 e. The van der Waals surface area contributed by atoms with Gasteiger partial charge in [0.15, 0.2) is 0 Å². The highest BCUT2D eigenvalue weighted by atomic mass is 16.2. The molecule has 1 aromatic rings. The topological polar surface area (TPSA) is 37.4 Å². The highest BCUT2D eigenvalue weighted by Gasteiger charge is 2.31. The lowest BCUT2D eigenvalue weighted by Crippen LogP contribution is -2.42. The number of hydrogen-bond donors (Lipinski definition) is 0. The van der Waals surface area contributed by atoms with E-state index in [0.717, 1.165) is 12.0 Å². The predicted octanol–water partition coefficient (Wildman–Crippen LogP) is 3.01. The zero-order valence-corrected chi connectivity index (χ0v) is 12.3. The molecule has 0 saturated carbocycles. The van der Waals surface area contributed by atoms with Gasteiger partial charge in [0.2, 0.25) is 5.91 Å². The van der Waals surface area contributed by atoms with Crippen molar-refractivity contribution in [2.45, 2.75) is 39.0 Å². The lowest BCUT2D eigenvalue weighted by atomic mass is 9.84. The van der Waals surface area contributed by atoms with Crippen LogP contribution in [0.1, 0.15) is 44.6 Å². The third-order valence-electron chi connectivity index (χ3n) is 4.27. The number of carbonyl (C=O) groups is 2. The molecular weight excluding hydrogens is 250 g/mol. The van der Waals surface area contributed by atoms with Gasteiger partial charge in [0.1, 0.15) is 5.78 Å². The molecule has 3 heteroatoms. The molecule has 1 aromatic carbocycles. The monoisotopic (exact) mass is 273 g/mol. The Kier molecular flexibility index (Phi) is 4.94. The van der Waals surface area contributed by atoms with E-state index < -0.39 is 0 Å². The highest BCUT2D eigenvalue weighted by molar-refractivity contribution is 5.87. The van der Waals surface area contributed by atoms with E-state index in [1.807, 2.05) is 35.2 Å². The van der Waals surface area contributed by atoms with Crippen LogP contribution in [0.15, 0.2) is 30.3 Å². The van der Waals surface area contributed by atoms with Crippen molar-refractivity contribution < 1.29 is 9.59 Å². The van der Waals surface area contributed by atoms with E-state index in [1.165, 1.54) is 0 Å². The Bertz CT molecular complexity index is 459. The van der Waals surface area contributed by atoms with Crippen LogP contribution < -0.4 is 0 Å². The maximum absolute atomic E-state index is 12.8.